The van der Waals surface area contributed by atoms with Gasteiger partial charge in [-0.05, 0) is 12.0 Å². The smallest absolute Gasteiger partial charge is 0.345 e. The topological polar surface area (TPSA) is 104 Å². The molecule has 1 aromatic heterocycles. The average molecular weight is 279 g/mol. The molecule has 0 saturated heterocycles. The zero-order chi connectivity index (χ0) is 13.1. The predicted octanol–water partition coefficient (Wildman–Crippen LogP) is 0.353. The molecule has 0 amide bonds. The number of hydrogen-bond acceptors (Lipinski definition) is 5. The normalized spacial score (nSPS) is 13.5. The molecule has 1 atom stereocenters. The maximum Gasteiger partial charge on any atom is 0.345 e. The minimum Gasteiger partial charge on any atom is -0.477 e. The zero-order valence-corrected chi connectivity index (χ0v) is 10.7. The molecular weight excluding hydrogens is 266 g/mol. The molecule has 6 nitrogen and oxygen atoms in total. The maximum atomic E-state index is 11.7. The second-order valence-electron chi connectivity index (χ2n) is 3.59. The van der Waals surface area contributed by atoms with E-state index in [1.54, 1.807) is 6.92 Å². The standard InChI is InChI=1S/C9H13NO5S2/c1-6(4-11)3-10-17(14,15)7-2-8(9(12)13)16-5-7/h2,5-6,10-11H,3-4H2,1H3,(H,12,13). The van der Waals surface area contributed by atoms with Gasteiger partial charge in [0.2, 0.25) is 10.0 Å². The lowest BCUT2D eigenvalue weighted by atomic mass is 10.2. The highest BCUT2D eigenvalue weighted by Gasteiger charge is 2.18. The molecule has 17 heavy (non-hydrogen) atoms. The Balaban J connectivity index is 2.79. The fourth-order valence-electron chi connectivity index (χ4n) is 0.972. The van der Waals surface area contributed by atoms with Gasteiger partial charge in [0.1, 0.15) is 4.88 Å². The van der Waals surface area contributed by atoms with Gasteiger partial charge in [-0.25, -0.2) is 17.9 Å². The van der Waals surface area contributed by atoms with E-state index in [-0.39, 0.29) is 28.8 Å². The Labute approximate surface area is 103 Å². The molecule has 96 valence electrons. The number of thiophene rings is 1. The Morgan fingerprint density at radius 3 is 2.71 bits per heavy atom. The Hall–Kier alpha value is -0.960. The van der Waals surface area contributed by atoms with Crippen molar-refractivity contribution in [2.75, 3.05) is 13.2 Å². The van der Waals surface area contributed by atoms with Gasteiger partial charge in [0, 0.05) is 18.5 Å². The lowest BCUT2D eigenvalue weighted by Crippen LogP contribution is -2.29. The number of nitrogens with one attached hydrogen (secondary N) is 1. The average Bonchev–Trinajstić information content (AvgIpc) is 2.76. The molecule has 0 fully saturated rings. The van der Waals surface area contributed by atoms with Gasteiger partial charge >= 0.3 is 5.97 Å². The van der Waals surface area contributed by atoms with Crippen LogP contribution in [0.5, 0.6) is 0 Å². The number of aliphatic hydroxyl groups excluding tert-OH is 1. The number of aromatic carboxylic acids is 1. The molecule has 0 spiro atoms. The summed E-state index contributed by atoms with van der Waals surface area (Å²) in [7, 11) is -3.69. The van der Waals surface area contributed by atoms with Crippen molar-refractivity contribution in [3.05, 3.63) is 16.3 Å². The number of rotatable bonds is 6. The van der Waals surface area contributed by atoms with Gasteiger partial charge in [-0.15, -0.1) is 11.3 Å². The Bertz CT molecular complexity index is 493. The fraction of sp³-hybridized carbons (Fsp3) is 0.444. The van der Waals surface area contributed by atoms with E-state index in [0.717, 1.165) is 17.4 Å². The minimum atomic E-state index is -3.69. The van der Waals surface area contributed by atoms with Crippen molar-refractivity contribution in [2.45, 2.75) is 11.8 Å². The van der Waals surface area contributed by atoms with E-state index in [2.05, 4.69) is 4.72 Å². The van der Waals surface area contributed by atoms with Crippen molar-refractivity contribution >= 4 is 27.3 Å². The maximum absolute atomic E-state index is 11.7. The largest absolute Gasteiger partial charge is 0.477 e. The third-order valence-electron chi connectivity index (χ3n) is 2.03. The van der Waals surface area contributed by atoms with Crippen molar-refractivity contribution in [2.24, 2.45) is 5.92 Å². The molecule has 1 rings (SSSR count). The van der Waals surface area contributed by atoms with Crippen molar-refractivity contribution in [1.82, 2.24) is 4.72 Å². The summed E-state index contributed by atoms with van der Waals surface area (Å²) >= 11 is 0.856. The molecule has 1 unspecified atom stereocenters. The Kier molecular flexibility index (Phi) is 4.63. The number of carboxylic acid groups (broad SMARTS) is 1. The highest BCUT2D eigenvalue weighted by Crippen LogP contribution is 2.19. The Morgan fingerprint density at radius 2 is 2.24 bits per heavy atom. The number of carbonyl (C=O) groups is 1. The minimum absolute atomic E-state index is 0.0272. The van der Waals surface area contributed by atoms with Crippen LogP contribution in [0.15, 0.2) is 16.3 Å². The third-order valence-corrected chi connectivity index (χ3v) is 4.50. The van der Waals surface area contributed by atoms with Crippen LogP contribution in [0.1, 0.15) is 16.6 Å². The van der Waals surface area contributed by atoms with Crippen LogP contribution < -0.4 is 4.72 Å². The quantitative estimate of drug-likeness (QED) is 0.697. The molecule has 1 aromatic rings. The highest BCUT2D eigenvalue weighted by atomic mass is 32.2. The first-order valence-electron chi connectivity index (χ1n) is 4.79. The van der Waals surface area contributed by atoms with Crippen molar-refractivity contribution in [3.8, 4) is 0 Å². The van der Waals surface area contributed by atoms with Crippen LogP contribution in [0.2, 0.25) is 0 Å². The van der Waals surface area contributed by atoms with Crippen LogP contribution in [-0.2, 0) is 10.0 Å². The first kappa shape index (κ1) is 14.1. The van der Waals surface area contributed by atoms with E-state index in [9.17, 15) is 13.2 Å². The molecule has 0 saturated carbocycles. The van der Waals surface area contributed by atoms with E-state index in [0.29, 0.717) is 0 Å². The Morgan fingerprint density at radius 1 is 1.59 bits per heavy atom. The summed E-state index contributed by atoms with van der Waals surface area (Å²) in [6.45, 7) is 1.68. The van der Waals surface area contributed by atoms with Crippen molar-refractivity contribution in [3.63, 3.8) is 0 Å². The first-order chi connectivity index (χ1) is 7.86. The lowest BCUT2D eigenvalue weighted by Gasteiger charge is -2.08. The van der Waals surface area contributed by atoms with Crippen LogP contribution in [0, 0.1) is 5.92 Å². The summed E-state index contributed by atoms with van der Waals surface area (Å²) in [5, 5.41) is 18.7. The highest BCUT2D eigenvalue weighted by molar-refractivity contribution is 7.89. The molecular formula is C9H13NO5S2. The van der Waals surface area contributed by atoms with Crippen LogP contribution in [0.25, 0.3) is 0 Å². The molecule has 0 bridgehead atoms. The van der Waals surface area contributed by atoms with Gasteiger partial charge in [0.25, 0.3) is 0 Å². The van der Waals surface area contributed by atoms with Gasteiger partial charge < -0.3 is 10.2 Å². The summed E-state index contributed by atoms with van der Waals surface area (Å²) in [4.78, 5) is 10.5. The van der Waals surface area contributed by atoms with Crippen LogP contribution in [-0.4, -0.2) is 37.8 Å². The van der Waals surface area contributed by atoms with Crippen molar-refractivity contribution < 1.29 is 23.4 Å². The lowest BCUT2D eigenvalue weighted by molar-refractivity contribution is 0.0702. The fourth-order valence-corrected chi connectivity index (χ4v) is 3.25. The van der Waals surface area contributed by atoms with E-state index >= 15 is 0 Å². The summed E-state index contributed by atoms with van der Waals surface area (Å²) < 4.78 is 25.7. The van der Waals surface area contributed by atoms with E-state index in [4.69, 9.17) is 10.2 Å². The predicted molar refractivity (Wildman–Crippen MR) is 62.7 cm³/mol. The summed E-state index contributed by atoms with van der Waals surface area (Å²) in [6, 6.07) is 1.11. The monoisotopic (exact) mass is 279 g/mol. The van der Waals surface area contributed by atoms with E-state index in [1.807, 2.05) is 0 Å². The molecule has 0 aliphatic rings. The summed E-state index contributed by atoms with van der Waals surface area (Å²) in [5.41, 5.74) is 0. The second kappa shape index (κ2) is 5.58. The molecule has 3 N–H and O–H groups in total. The number of aliphatic hydroxyl groups is 1. The zero-order valence-electron chi connectivity index (χ0n) is 9.08. The van der Waals surface area contributed by atoms with Crippen molar-refractivity contribution in [1.29, 1.82) is 0 Å². The summed E-state index contributed by atoms with van der Waals surface area (Å²) in [6.07, 6.45) is 0. The molecule has 0 aliphatic carbocycles. The van der Waals surface area contributed by atoms with E-state index in [1.165, 1.54) is 5.38 Å². The molecule has 8 heteroatoms. The summed E-state index contributed by atoms with van der Waals surface area (Å²) in [5.74, 6) is -1.34. The second-order valence-corrected chi connectivity index (χ2v) is 6.27. The first-order valence-corrected chi connectivity index (χ1v) is 7.15. The molecule has 0 aromatic carbocycles. The third kappa shape index (κ3) is 3.77. The van der Waals surface area contributed by atoms with Gasteiger partial charge in [-0.1, -0.05) is 6.92 Å². The number of sulfonamides is 1. The van der Waals surface area contributed by atoms with Gasteiger partial charge in [0.05, 0.1) is 4.90 Å². The van der Waals surface area contributed by atoms with E-state index < -0.39 is 16.0 Å². The van der Waals surface area contributed by atoms with Gasteiger partial charge in [-0.2, -0.15) is 0 Å². The van der Waals surface area contributed by atoms with Crippen LogP contribution >= 0.6 is 11.3 Å². The molecule has 1 heterocycles. The number of carboxylic acids is 1. The molecule has 0 aliphatic heterocycles. The van der Waals surface area contributed by atoms with Crippen LogP contribution in [0.3, 0.4) is 0 Å². The van der Waals surface area contributed by atoms with Gasteiger partial charge in [0.15, 0.2) is 0 Å². The SMILES string of the molecule is CC(CO)CNS(=O)(=O)c1csc(C(=O)O)c1. The molecule has 0 radical (unpaired) electrons. The number of hydrogen-bond donors (Lipinski definition) is 3. The van der Waals surface area contributed by atoms with Crippen LogP contribution in [0.4, 0.5) is 0 Å². The van der Waals surface area contributed by atoms with Gasteiger partial charge in [-0.3, -0.25) is 0 Å².